The lowest BCUT2D eigenvalue weighted by Crippen LogP contribution is -2.27. The Morgan fingerprint density at radius 1 is 1.43 bits per heavy atom. The van der Waals surface area contributed by atoms with Crippen molar-refractivity contribution in [2.75, 3.05) is 5.75 Å². The van der Waals surface area contributed by atoms with Gasteiger partial charge in [0, 0.05) is 0 Å². The zero-order valence-electron chi connectivity index (χ0n) is 8.99. The van der Waals surface area contributed by atoms with Crippen molar-refractivity contribution in [2.45, 2.75) is 38.5 Å². The van der Waals surface area contributed by atoms with E-state index in [1.165, 1.54) is 11.8 Å². The van der Waals surface area contributed by atoms with Crippen molar-refractivity contribution in [3.05, 3.63) is 0 Å². The molecule has 82 valence electrons. The molecule has 1 unspecified atom stereocenters. The molecule has 0 aromatic rings. The van der Waals surface area contributed by atoms with Crippen LogP contribution in [0.2, 0.25) is 0 Å². The lowest BCUT2D eigenvalue weighted by atomic mass is 10.2. The van der Waals surface area contributed by atoms with E-state index in [1.807, 2.05) is 0 Å². The highest BCUT2D eigenvalue weighted by atomic mass is 32.2. The quantitative estimate of drug-likeness (QED) is 0.714. The van der Waals surface area contributed by atoms with Gasteiger partial charge in [0.2, 0.25) is 5.91 Å². The van der Waals surface area contributed by atoms with Crippen LogP contribution in [0.3, 0.4) is 0 Å². The highest BCUT2D eigenvalue weighted by Crippen LogP contribution is 2.13. The lowest BCUT2D eigenvalue weighted by molar-refractivity contribution is -0.151. The van der Waals surface area contributed by atoms with E-state index in [2.05, 4.69) is 0 Å². The third-order valence-corrected chi connectivity index (χ3v) is 2.41. The average molecular weight is 219 g/mol. The minimum atomic E-state index is -0.479. The van der Waals surface area contributed by atoms with Crippen LogP contribution in [-0.4, -0.2) is 28.5 Å². The number of carbonyl (C=O) groups is 2. The van der Waals surface area contributed by atoms with Crippen LogP contribution in [0.4, 0.5) is 0 Å². The molecule has 0 saturated carbocycles. The second-order valence-corrected chi connectivity index (χ2v) is 5.27. The summed E-state index contributed by atoms with van der Waals surface area (Å²) in [5.74, 6) is -0.587. The summed E-state index contributed by atoms with van der Waals surface area (Å²) in [6.45, 7) is 7.06. The smallest absolute Gasteiger partial charge is 0.316 e. The molecule has 2 N–H and O–H groups in total. The van der Waals surface area contributed by atoms with E-state index >= 15 is 0 Å². The standard InChI is InChI=1S/C9H17NO3S/c1-6(8(10)12)14-5-7(11)13-9(2,3)4/h6H,5H2,1-4H3,(H2,10,12). The highest BCUT2D eigenvalue weighted by molar-refractivity contribution is 8.01. The molecule has 4 nitrogen and oxygen atoms in total. The average Bonchev–Trinajstić information content (AvgIpc) is 1.96. The first-order chi connectivity index (χ1) is 6.22. The van der Waals surface area contributed by atoms with Crippen LogP contribution in [0.15, 0.2) is 0 Å². The lowest BCUT2D eigenvalue weighted by Gasteiger charge is -2.19. The monoisotopic (exact) mass is 219 g/mol. The Labute approximate surface area is 88.6 Å². The van der Waals surface area contributed by atoms with Crippen LogP contribution in [0.1, 0.15) is 27.7 Å². The molecule has 0 aromatic heterocycles. The fourth-order valence-electron chi connectivity index (χ4n) is 0.646. The summed E-state index contributed by atoms with van der Waals surface area (Å²) < 4.78 is 5.06. The molecule has 0 aliphatic rings. The molecule has 0 aliphatic heterocycles. The molecular weight excluding hydrogens is 202 g/mol. The fraction of sp³-hybridized carbons (Fsp3) is 0.778. The minimum absolute atomic E-state index is 0.154. The van der Waals surface area contributed by atoms with Crippen LogP contribution in [-0.2, 0) is 14.3 Å². The minimum Gasteiger partial charge on any atom is -0.459 e. The van der Waals surface area contributed by atoms with Gasteiger partial charge in [-0.2, -0.15) is 0 Å². The zero-order valence-corrected chi connectivity index (χ0v) is 9.81. The van der Waals surface area contributed by atoms with E-state index in [-0.39, 0.29) is 17.0 Å². The first-order valence-electron chi connectivity index (χ1n) is 4.35. The molecule has 0 bridgehead atoms. The number of amides is 1. The summed E-state index contributed by atoms with van der Waals surface area (Å²) in [6, 6.07) is 0. The van der Waals surface area contributed by atoms with Gasteiger partial charge in [-0.3, -0.25) is 9.59 Å². The molecular formula is C9H17NO3S. The predicted molar refractivity (Wildman–Crippen MR) is 57.0 cm³/mol. The molecule has 14 heavy (non-hydrogen) atoms. The maximum absolute atomic E-state index is 11.2. The van der Waals surface area contributed by atoms with Crippen molar-refractivity contribution in [1.82, 2.24) is 0 Å². The summed E-state index contributed by atoms with van der Waals surface area (Å²) in [7, 11) is 0. The highest BCUT2D eigenvalue weighted by Gasteiger charge is 2.18. The van der Waals surface area contributed by atoms with Gasteiger partial charge in [0.25, 0.3) is 0 Å². The van der Waals surface area contributed by atoms with Crippen LogP contribution < -0.4 is 5.73 Å². The molecule has 0 heterocycles. The van der Waals surface area contributed by atoms with Gasteiger partial charge in [-0.1, -0.05) is 0 Å². The van der Waals surface area contributed by atoms with Gasteiger partial charge in [-0.05, 0) is 27.7 Å². The third kappa shape index (κ3) is 6.77. The van der Waals surface area contributed by atoms with Gasteiger partial charge in [0.1, 0.15) is 5.60 Å². The van der Waals surface area contributed by atoms with Crippen LogP contribution in [0, 0.1) is 0 Å². The van der Waals surface area contributed by atoms with Gasteiger partial charge in [-0.25, -0.2) is 0 Å². The number of primary amides is 1. The molecule has 0 radical (unpaired) electrons. The maximum atomic E-state index is 11.2. The third-order valence-electron chi connectivity index (χ3n) is 1.27. The van der Waals surface area contributed by atoms with E-state index in [4.69, 9.17) is 10.5 Å². The Balaban J connectivity index is 3.81. The molecule has 0 aromatic carbocycles. The molecule has 5 heteroatoms. The Morgan fingerprint density at radius 3 is 2.29 bits per heavy atom. The largest absolute Gasteiger partial charge is 0.459 e. The second-order valence-electron chi connectivity index (χ2n) is 3.94. The number of esters is 1. The van der Waals surface area contributed by atoms with Gasteiger partial charge in [0.05, 0.1) is 11.0 Å². The molecule has 1 atom stereocenters. The number of hydrogen-bond donors (Lipinski definition) is 1. The summed E-state index contributed by atoms with van der Waals surface area (Å²) in [4.78, 5) is 21.8. The first kappa shape index (κ1) is 13.3. The summed E-state index contributed by atoms with van der Waals surface area (Å²) in [6.07, 6.45) is 0. The van der Waals surface area contributed by atoms with Crippen LogP contribution in [0.25, 0.3) is 0 Å². The normalized spacial score (nSPS) is 13.4. The molecule has 0 saturated heterocycles. The number of ether oxygens (including phenoxy) is 1. The Kier molecular flexibility index (Phi) is 4.97. The number of rotatable bonds is 4. The van der Waals surface area contributed by atoms with Crippen LogP contribution >= 0.6 is 11.8 Å². The summed E-state index contributed by atoms with van der Waals surface area (Å²) in [5, 5.41) is -0.359. The summed E-state index contributed by atoms with van der Waals surface area (Å²) >= 11 is 1.18. The number of hydrogen-bond acceptors (Lipinski definition) is 4. The van der Waals surface area contributed by atoms with Gasteiger partial charge >= 0.3 is 5.97 Å². The van der Waals surface area contributed by atoms with E-state index in [0.717, 1.165) is 0 Å². The molecule has 0 aliphatic carbocycles. The number of carbonyl (C=O) groups excluding carboxylic acids is 2. The van der Waals surface area contributed by atoms with Gasteiger partial charge < -0.3 is 10.5 Å². The SMILES string of the molecule is CC(SCC(=O)OC(C)(C)C)C(N)=O. The fourth-order valence-corrected chi connectivity index (χ4v) is 1.26. The van der Waals surface area contributed by atoms with Crippen molar-refractivity contribution in [3.63, 3.8) is 0 Å². The Bertz CT molecular complexity index is 223. The molecule has 0 spiro atoms. The topological polar surface area (TPSA) is 69.4 Å². The van der Waals surface area contributed by atoms with Gasteiger partial charge in [0.15, 0.2) is 0 Å². The van der Waals surface area contributed by atoms with Crippen molar-refractivity contribution in [2.24, 2.45) is 5.73 Å². The second kappa shape index (κ2) is 5.24. The first-order valence-corrected chi connectivity index (χ1v) is 5.40. The molecule has 0 fully saturated rings. The van der Waals surface area contributed by atoms with E-state index < -0.39 is 11.5 Å². The van der Waals surface area contributed by atoms with Crippen molar-refractivity contribution >= 4 is 23.6 Å². The van der Waals surface area contributed by atoms with Crippen molar-refractivity contribution in [3.8, 4) is 0 Å². The maximum Gasteiger partial charge on any atom is 0.316 e. The van der Waals surface area contributed by atoms with E-state index in [0.29, 0.717) is 0 Å². The zero-order chi connectivity index (χ0) is 11.4. The predicted octanol–water partition coefficient (Wildman–Crippen LogP) is 0.935. The van der Waals surface area contributed by atoms with Crippen molar-refractivity contribution < 1.29 is 14.3 Å². The Hall–Kier alpha value is -0.710. The van der Waals surface area contributed by atoms with Crippen LogP contribution in [0.5, 0.6) is 0 Å². The molecule has 1 amide bonds. The Morgan fingerprint density at radius 2 is 1.93 bits per heavy atom. The van der Waals surface area contributed by atoms with Gasteiger partial charge in [-0.15, -0.1) is 11.8 Å². The van der Waals surface area contributed by atoms with Crippen molar-refractivity contribution in [1.29, 1.82) is 0 Å². The van der Waals surface area contributed by atoms with E-state index in [1.54, 1.807) is 27.7 Å². The summed E-state index contributed by atoms with van der Waals surface area (Å²) in [5.41, 5.74) is 4.56. The van der Waals surface area contributed by atoms with E-state index in [9.17, 15) is 9.59 Å². The number of nitrogens with two attached hydrogens (primary N) is 1. The number of thioether (sulfide) groups is 1. The molecule has 0 rings (SSSR count).